The van der Waals surface area contributed by atoms with E-state index in [4.69, 9.17) is 62.6 Å². The van der Waals surface area contributed by atoms with E-state index in [9.17, 15) is 102 Å². The van der Waals surface area contributed by atoms with Gasteiger partial charge in [-0.3, -0.25) is 0 Å². The summed E-state index contributed by atoms with van der Waals surface area (Å²) in [5, 5.41) is 201. The predicted octanol–water partition coefficient (Wildman–Crippen LogP) is -14.0. The van der Waals surface area contributed by atoms with E-state index in [1.165, 1.54) is 0 Å². The second-order valence-corrected chi connectivity index (χ2v) is 17.4. The topological polar surface area (TPSA) is 538 Å². The Bertz CT molecular complexity index is 1640. The van der Waals surface area contributed by atoms with E-state index < -0.39 is 223 Å². The van der Waals surface area contributed by atoms with Gasteiger partial charge in [0.15, 0.2) is 43.8 Å². The molecule has 30 atom stereocenters. The van der Waals surface area contributed by atoms with E-state index in [2.05, 4.69) is 0 Å². The monoisotopic (exact) mass is 1050 g/mol. The third-order valence-corrected chi connectivity index (χ3v) is 12.8. The van der Waals surface area contributed by atoms with Crippen molar-refractivity contribution in [1.82, 2.24) is 0 Å². The van der Waals surface area contributed by atoms with Gasteiger partial charge in [-0.1, -0.05) is 0 Å². The Balaban J connectivity index is 1.08. The van der Waals surface area contributed by atoms with Gasteiger partial charge in [-0.15, -0.1) is 0 Å². The molecule has 12 unspecified atom stereocenters. The van der Waals surface area contributed by atoms with Gasteiger partial charge < -0.3 is 160 Å². The highest BCUT2D eigenvalue weighted by molar-refractivity contribution is 5.73. The summed E-state index contributed by atoms with van der Waals surface area (Å²) in [4.78, 5) is 12.5. The molecular formula is C38H65NO32. The summed E-state index contributed by atoms with van der Waals surface area (Å²) in [5.74, 6) is -1.91. The molecule has 0 saturated carbocycles. The summed E-state index contributed by atoms with van der Waals surface area (Å²) < 4.78 is 65.8. The third kappa shape index (κ3) is 12.3. The molecule has 33 heteroatoms. The van der Waals surface area contributed by atoms with Crippen LogP contribution in [0.15, 0.2) is 0 Å². The summed E-state index contributed by atoms with van der Waals surface area (Å²) in [5.41, 5.74) is 5.40. The average Bonchev–Trinajstić information content (AvgIpc) is 3.35. The van der Waals surface area contributed by atoms with Gasteiger partial charge in [-0.2, -0.15) is 0 Å². The molecule has 0 radical (unpaired) electrons. The third-order valence-electron chi connectivity index (χ3n) is 12.8. The quantitative estimate of drug-likeness (QED) is 0.0571. The number of nitrogens with two attached hydrogens (primary N) is 1. The van der Waals surface area contributed by atoms with Gasteiger partial charge in [-0.05, 0) is 0 Å². The highest BCUT2D eigenvalue weighted by Gasteiger charge is 2.58. The Morgan fingerprint density at radius 3 is 0.944 bits per heavy atom. The zero-order chi connectivity index (χ0) is 52.3. The molecular weight excluding hydrogens is 982 g/mol. The summed E-state index contributed by atoms with van der Waals surface area (Å²) in [6.07, 6.45) is -58.6. The number of aliphatic carboxylic acids is 1. The van der Waals surface area contributed by atoms with Crippen molar-refractivity contribution in [1.29, 1.82) is 0 Å². The lowest BCUT2D eigenvalue weighted by atomic mass is 9.95. The Kier molecular flexibility index (Phi) is 20.9. The molecule has 33 nitrogen and oxygen atoms in total. The minimum Gasteiger partial charge on any atom is -0.479 e. The minimum absolute atomic E-state index is 0.0190. The van der Waals surface area contributed by atoms with Crippen molar-refractivity contribution in [2.75, 3.05) is 46.2 Å². The van der Waals surface area contributed by atoms with Crippen LogP contribution in [0.5, 0.6) is 0 Å². The van der Waals surface area contributed by atoms with Gasteiger partial charge in [-0.25, -0.2) is 4.79 Å². The minimum atomic E-state index is -2.36. The molecule has 0 spiro atoms. The SMILES string of the molecule is NCCO[C@H]1OC(CO)[C@H](O[C@H]2OC(CO)[C@@H](O[C@@H]3OC(CO)[C@@H](O[C@@H]4OC(C(=O)O)[C@@H](O[C@H]5OC(CO)[C@H](O[C@H]6OC(CO)[C@@H](O)[C@H](O)C6O)[C@H](O)C5O)[C@H](O)C4O)[C@H](O)C3O)[C@H](O)C2O)[C@H](O)C1O. The van der Waals surface area contributed by atoms with Crippen LogP contribution in [0.1, 0.15) is 0 Å². The van der Waals surface area contributed by atoms with Gasteiger partial charge >= 0.3 is 5.97 Å². The summed E-state index contributed by atoms with van der Waals surface area (Å²) in [6.45, 7) is -4.87. The first kappa shape index (κ1) is 58.5. The van der Waals surface area contributed by atoms with Crippen LogP contribution in [0.2, 0.25) is 0 Å². The van der Waals surface area contributed by atoms with Crippen molar-refractivity contribution < 1.29 is 159 Å². The van der Waals surface area contributed by atoms with Crippen molar-refractivity contribution in [3.05, 3.63) is 0 Å². The van der Waals surface area contributed by atoms with Crippen LogP contribution >= 0.6 is 0 Å². The van der Waals surface area contributed by atoms with E-state index in [-0.39, 0.29) is 13.2 Å². The summed E-state index contributed by atoms with van der Waals surface area (Å²) in [7, 11) is 0. The van der Waals surface area contributed by atoms with Gasteiger partial charge in [0.2, 0.25) is 0 Å². The van der Waals surface area contributed by atoms with Crippen molar-refractivity contribution >= 4 is 5.97 Å². The van der Waals surface area contributed by atoms with Gasteiger partial charge in [0.25, 0.3) is 0 Å². The standard InChI is InChI=1S/C38H65NO32/c39-1-2-60-33-21(53)15(47)26(9(4-41)62-33)67-35-22(54)16(48)28(10(5-42)63-35)68-36-23(55)17(49)29(12(7-44)64-36)69-38-25(57)19(51)30(31(71-38)32(58)59)70-37-24(56)18(50)27(11(6-43)65-37)66-34-20(52)14(46)13(45)8(3-40)61-34/h8-31,33-38,40-57H,1-7,39H2,(H,58,59)/t8?,9?,10?,11?,12?,13-,14+,15-,16-,17-,18-,19-,20?,21?,22?,23?,24?,25?,26+,27+,28-,29-,30+,31?,33+,34-,35-,36+,37-,38-/m1/s1. The lowest BCUT2D eigenvalue weighted by Gasteiger charge is -2.49. The average molecular weight is 1050 g/mol. The highest BCUT2D eigenvalue weighted by atomic mass is 16.8. The first-order chi connectivity index (χ1) is 33.7. The first-order valence-corrected chi connectivity index (χ1v) is 22.3. The summed E-state index contributed by atoms with van der Waals surface area (Å²) in [6, 6.07) is 0. The van der Waals surface area contributed by atoms with Crippen LogP contribution in [0, 0.1) is 0 Å². The largest absolute Gasteiger partial charge is 0.479 e. The number of carboxylic acids is 1. The normalized spacial score (nSPS) is 51.0. The van der Waals surface area contributed by atoms with E-state index in [1.807, 2.05) is 0 Å². The Hall–Kier alpha value is -1.77. The molecule has 0 aromatic carbocycles. The first-order valence-electron chi connectivity index (χ1n) is 22.3. The smallest absolute Gasteiger partial charge is 0.335 e. The lowest BCUT2D eigenvalue weighted by molar-refractivity contribution is -0.393. The maximum atomic E-state index is 12.5. The van der Waals surface area contributed by atoms with Gasteiger partial charge in [0.1, 0.15) is 140 Å². The number of hydrogen-bond acceptors (Lipinski definition) is 32. The zero-order valence-corrected chi connectivity index (χ0v) is 37.2. The number of carboxylic acid groups (broad SMARTS) is 1. The molecule has 6 saturated heterocycles. The molecule has 21 N–H and O–H groups in total. The number of carbonyl (C=O) groups is 1. The van der Waals surface area contributed by atoms with Crippen LogP contribution in [0.3, 0.4) is 0 Å². The van der Waals surface area contributed by atoms with Crippen LogP contribution in [-0.4, -0.2) is 333 Å². The molecule has 0 aromatic rings. The number of hydrogen-bond donors (Lipinski definition) is 20. The van der Waals surface area contributed by atoms with Crippen LogP contribution in [0.25, 0.3) is 0 Å². The fourth-order valence-electron chi connectivity index (χ4n) is 8.80. The number of ether oxygens (including phenoxy) is 12. The molecule has 6 fully saturated rings. The molecule has 0 bridgehead atoms. The molecule has 6 rings (SSSR count). The molecule has 71 heavy (non-hydrogen) atoms. The molecule has 0 amide bonds. The van der Waals surface area contributed by atoms with Crippen molar-refractivity contribution in [3.63, 3.8) is 0 Å². The molecule has 6 aliphatic heterocycles. The van der Waals surface area contributed by atoms with Crippen LogP contribution < -0.4 is 5.73 Å². The Morgan fingerprint density at radius 2 is 0.620 bits per heavy atom. The molecule has 0 aromatic heterocycles. The van der Waals surface area contributed by atoms with Crippen molar-refractivity contribution in [3.8, 4) is 0 Å². The van der Waals surface area contributed by atoms with Crippen LogP contribution in [-0.2, 0) is 61.6 Å². The molecule has 6 aliphatic rings. The number of rotatable bonds is 19. The van der Waals surface area contributed by atoms with E-state index in [0.717, 1.165) is 0 Å². The molecule has 414 valence electrons. The predicted molar refractivity (Wildman–Crippen MR) is 212 cm³/mol. The maximum absolute atomic E-state index is 12.5. The number of aliphatic hydroxyl groups is 18. The Labute approximate surface area is 400 Å². The van der Waals surface area contributed by atoms with E-state index in [1.54, 1.807) is 0 Å². The molecule has 0 aliphatic carbocycles. The van der Waals surface area contributed by atoms with E-state index in [0.29, 0.717) is 0 Å². The fraction of sp³-hybridized carbons (Fsp3) is 0.974. The van der Waals surface area contributed by atoms with Gasteiger partial charge in [0, 0.05) is 6.54 Å². The second kappa shape index (κ2) is 25.4. The van der Waals surface area contributed by atoms with E-state index >= 15 is 0 Å². The number of aliphatic hydroxyl groups excluding tert-OH is 18. The highest BCUT2D eigenvalue weighted by Crippen LogP contribution is 2.37. The van der Waals surface area contributed by atoms with Crippen molar-refractivity contribution in [2.24, 2.45) is 5.73 Å². The van der Waals surface area contributed by atoms with Crippen LogP contribution in [0.4, 0.5) is 0 Å². The fourth-order valence-corrected chi connectivity index (χ4v) is 8.80. The molecule has 6 heterocycles. The summed E-state index contributed by atoms with van der Waals surface area (Å²) >= 11 is 0. The maximum Gasteiger partial charge on any atom is 0.335 e. The second-order valence-electron chi connectivity index (χ2n) is 17.4. The van der Waals surface area contributed by atoms with Crippen molar-refractivity contribution in [2.45, 2.75) is 184 Å². The van der Waals surface area contributed by atoms with Gasteiger partial charge in [0.05, 0.1) is 39.6 Å². The zero-order valence-electron chi connectivity index (χ0n) is 37.2. The Morgan fingerprint density at radius 1 is 0.352 bits per heavy atom. The lowest BCUT2D eigenvalue weighted by Crippen LogP contribution is -2.68.